The van der Waals surface area contributed by atoms with E-state index in [1.54, 1.807) is 0 Å². The van der Waals surface area contributed by atoms with Gasteiger partial charge < -0.3 is 0 Å². The molecular formula is C6H9FN6. The largest absolute Gasteiger partial charge is 0.247 e. The van der Waals surface area contributed by atoms with Gasteiger partial charge in [0.15, 0.2) is 0 Å². The van der Waals surface area contributed by atoms with Gasteiger partial charge in [0.2, 0.25) is 0 Å². The van der Waals surface area contributed by atoms with Gasteiger partial charge in [0.1, 0.15) is 6.17 Å². The molecule has 0 saturated heterocycles. The van der Waals surface area contributed by atoms with Crippen molar-refractivity contribution in [3.63, 3.8) is 0 Å². The van der Waals surface area contributed by atoms with Crippen LogP contribution in [-0.2, 0) is 0 Å². The van der Waals surface area contributed by atoms with E-state index >= 15 is 0 Å². The first kappa shape index (κ1) is 9.64. The molecule has 0 aliphatic heterocycles. The summed E-state index contributed by atoms with van der Waals surface area (Å²) in [7, 11) is 0. The van der Waals surface area contributed by atoms with Crippen molar-refractivity contribution >= 4 is 0 Å². The first-order valence-corrected chi connectivity index (χ1v) is 3.98. The lowest BCUT2D eigenvalue weighted by Gasteiger charge is -2.25. The van der Waals surface area contributed by atoms with Crippen LogP contribution in [0.2, 0.25) is 0 Å². The molecule has 1 unspecified atom stereocenters. The number of azide groups is 2. The van der Waals surface area contributed by atoms with Gasteiger partial charge in [0.25, 0.3) is 0 Å². The summed E-state index contributed by atoms with van der Waals surface area (Å²) in [5, 5.41) is 6.85. The Morgan fingerprint density at radius 3 is 1.85 bits per heavy atom. The van der Waals surface area contributed by atoms with E-state index in [2.05, 4.69) is 20.1 Å². The molecule has 0 radical (unpaired) electrons. The van der Waals surface area contributed by atoms with Crippen LogP contribution in [0.5, 0.6) is 0 Å². The third-order valence-corrected chi connectivity index (χ3v) is 2.03. The zero-order valence-electron chi connectivity index (χ0n) is 6.91. The summed E-state index contributed by atoms with van der Waals surface area (Å²) < 4.78 is 13.0. The highest BCUT2D eigenvalue weighted by atomic mass is 19.1. The Morgan fingerprint density at radius 1 is 1.00 bits per heavy atom. The summed E-state index contributed by atoms with van der Waals surface area (Å²) >= 11 is 0. The minimum Gasteiger partial charge on any atom is -0.247 e. The molecule has 0 spiro atoms. The van der Waals surface area contributed by atoms with Gasteiger partial charge in [0, 0.05) is 21.9 Å². The number of nitrogens with zero attached hydrogens (tertiary/aromatic N) is 6. The molecule has 1 saturated carbocycles. The Bertz CT molecular complexity index is 240. The van der Waals surface area contributed by atoms with E-state index in [1.807, 2.05) is 0 Å². The second kappa shape index (κ2) is 4.54. The van der Waals surface area contributed by atoms with Gasteiger partial charge >= 0.3 is 0 Å². The first-order chi connectivity index (χ1) is 6.26. The highest BCUT2D eigenvalue weighted by molar-refractivity contribution is 4.87. The second-order valence-electron chi connectivity index (χ2n) is 3.02. The Hall–Kier alpha value is -1.45. The van der Waals surface area contributed by atoms with Crippen LogP contribution in [0.25, 0.3) is 20.9 Å². The number of hydrogen-bond donors (Lipinski definition) is 0. The van der Waals surface area contributed by atoms with Crippen LogP contribution < -0.4 is 0 Å². The lowest BCUT2D eigenvalue weighted by Crippen LogP contribution is -2.28. The summed E-state index contributed by atoms with van der Waals surface area (Å²) in [6.07, 6.45) is -0.0999. The summed E-state index contributed by atoms with van der Waals surface area (Å²) in [4.78, 5) is 5.22. The average molecular weight is 184 g/mol. The molecule has 7 heteroatoms. The molecule has 6 nitrogen and oxygen atoms in total. The fourth-order valence-corrected chi connectivity index (χ4v) is 1.53. The molecule has 13 heavy (non-hydrogen) atoms. The molecule has 1 fully saturated rings. The molecule has 0 aromatic heterocycles. The maximum Gasteiger partial charge on any atom is 0.101 e. The Morgan fingerprint density at radius 2 is 1.46 bits per heavy atom. The van der Waals surface area contributed by atoms with Crippen LogP contribution in [0.1, 0.15) is 19.3 Å². The standard InChI is InChI=1S/C6H9FN6/c7-4-1-5(10-12-8)3-6(2-4)11-13-9/h4-6H,1-3H2/t4?,5-,6+. The summed E-state index contributed by atoms with van der Waals surface area (Å²) in [5.41, 5.74) is 16.3. The minimum atomic E-state index is -1.03. The van der Waals surface area contributed by atoms with Gasteiger partial charge in [0.05, 0.1) is 0 Å². The summed E-state index contributed by atoms with van der Waals surface area (Å²) in [6.45, 7) is 0. The van der Waals surface area contributed by atoms with Gasteiger partial charge in [-0.2, -0.15) is 0 Å². The normalized spacial score (nSPS) is 32.8. The number of hydrogen-bond acceptors (Lipinski definition) is 2. The van der Waals surface area contributed by atoms with Crippen LogP contribution in [0.15, 0.2) is 10.2 Å². The van der Waals surface area contributed by atoms with E-state index in [1.165, 1.54) is 0 Å². The van der Waals surface area contributed by atoms with Crippen molar-refractivity contribution in [3.05, 3.63) is 20.9 Å². The van der Waals surface area contributed by atoms with Crippen molar-refractivity contribution in [1.29, 1.82) is 0 Å². The SMILES string of the molecule is [N-]=[N+]=N[C@@H]1CC(F)C[C@H](N=[N+]=[N-])C1. The molecule has 0 N–H and O–H groups in total. The minimum absolute atomic E-state index is 0.238. The zero-order chi connectivity index (χ0) is 9.68. The fraction of sp³-hybridized carbons (Fsp3) is 1.00. The van der Waals surface area contributed by atoms with Crippen LogP contribution in [0, 0.1) is 0 Å². The topological polar surface area (TPSA) is 97.5 Å². The van der Waals surface area contributed by atoms with E-state index in [9.17, 15) is 4.39 Å². The van der Waals surface area contributed by atoms with Gasteiger partial charge in [-0.05, 0) is 30.3 Å². The van der Waals surface area contributed by atoms with Crippen molar-refractivity contribution < 1.29 is 4.39 Å². The monoisotopic (exact) mass is 184 g/mol. The van der Waals surface area contributed by atoms with E-state index < -0.39 is 6.17 Å². The lowest BCUT2D eigenvalue weighted by atomic mass is 9.91. The molecule has 3 atom stereocenters. The molecule has 1 aliphatic carbocycles. The molecular weight excluding hydrogens is 175 g/mol. The van der Waals surface area contributed by atoms with Crippen LogP contribution in [0.3, 0.4) is 0 Å². The molecule has 0 heterocycles. The van der Waals surface area contributed by atoms with E-state index in [4.69, 9.17) is 11.1 Å². The highest BCUT2D eigenvalue weighted by Crippen LogP contribution is 2.26. The van der Waals surface area contributed by atoms with Crippen LogP contribution in [0.4, 0.5) is 4.39 Å². The third kappa shape index (κ3) is 2.82. The Balaban J connectivity index is 2.61. The predicted octanol–water partition coefficient (Wildman–Crippen LogP) is 2.87. The van der Waals surface area contributed by atoms with E-state index in [0.717, 1.165) is 0 Å². The maximum atomic E-state index is 13.0. The Kier molecular flexibility index (Phi) is 3.37. The van der Waals surface area contributed by atoms with Crippen LogP contribution in [-0.4, -0.2) is 18.3 Å². The number of alkyl halides is 1. The zero-order valence-corrected chi connectivity index (χ0v) is 6.91. The molecule has 70 valence electrons. The maximum absolute atomic E-state index is 13.0. The Labute approximate surface area is 74.0 Å². The number of halogens is 1. The average Bonchev–Trinajstić information content (AvgIpc) is 2.04. The van der Waals surface area contributed by atoms with Gasteiger partial charge in [-0.15, -0.1) is 0 Å². The molecule has 1 rings (SSSR count). The quantitative estimate of drug-likeness (QED) is 0.358. The van der Waals surface area contributed by atoms with Gasteiger partial charge in [-0.3, -0.25) is 0 Å². The third-order valence-electron chi connectivity index (χ3n) is 2.03. The van der Waals surface area contributed by atoms with Crippen molar-refractivity contribution in [3.8, 4) is 0 Å². The van der Waals surface area contributed by atoms with Crippen LogP contribution >= 0.6 is 0 Å². The molecule has 0 aromatic carbocycles. The lowest BCUT2D eigenvalue weighted by molar-refractivity contribution is 0.214. The molecule has 0 aromatic rings. The molecule has 1 aliphatic rings. The fourth-order valence-electron chi connectivity index (χ4n) is 1.53. The van der Waals surface area contributed by atoms with E-state index in [-0.39, 0.29) is 24.9 Å². The summed E-state index contributed by atoms with van der Waals surface area (Å²) in [5.74, 6) is 0. The van der Waals surface area contributed by atoms with Crippen molar-refractivity contribution in [2.45, 2.75) is 37.5 Å². The summed E-state index contributed by atoms with van der Waals surface area (Å²) in [6, 6.07) is -0.742. The van der Waals surface area contributed by atoms with E-state index in [0.29, 0.717) is 6.42 Å². The van der Waals surface area contributed by atoms with Gasteiger partial charge in [-0.25, -0.2) is 4.39 Å². The van der Waals surface area contributed by atoms with Crippen molar-refractivity contribution in [2.24, 2.45) is 10.2 Å². The molecule has 0 bridgehead atoms. The second-order valence-corrected chi connectivity index (χ2v) is 3.02. The first-order valence-electron chi connectivity index (χ1n) is 3.98. The smallest absolute Gasteiger partial charge is 0.101 e. The van der Waals surface area contributed by atoms with Crippen molar-refractivity contribution in [1.82, 2.24) is 0 Å². The highest BCUT2D eigenvalue weighted by Gasteiger charge is 2.27. The molecule has 0 amide bonds. The van der Waals surface area contributed by atoms with Crippen molar-refractivity contribution in [2.75, 3.05) is 0 Å². The van der Waals surface area contributed by atoms with Gasteiger partial charge in [-0.1, -0.05) is 10.2 Å². The predicted molar refractivity (Wildman–Crippen MR) is 44.6 cm³/mol. The number of rotatable bonds is 2.